The van der Waals surface area contributed by atoms with Crippen LogP contribution in [0, 0.1) is 12.8 Å². The Balaban J connectivity index is 2.07. The van der Waals surface area contributed by atoms with Gasteiger partial charge in [0.1, 0.15) is 0 Å². The largest absolute Gasteiger partial charge is 0.399 e. The van der Waals surface area contributed by atoms with Crippen LogP contribution in [-0.4, -0.2) is 17.5 Å². The van der Waals surface area contributed by atoms with Crippen LogP contribution in [0.15, 0.2) is 18.2 Å². The highest BCUT2D eigenvalue weighted by atomic mass is 15.2. The molecule has 1 saturated heterocycles. The predicted molar refractivity (Wildman–Crippen MR) is 73.9 cm³/mol. The Morgan fingerprint density at radius 3 is 2.82 bits per heavy atom. The summed E-state index contributed by atoms with van der Waals surface area (Å²) in [6, 6.07) is 7.11. The van der Waals surface area contributed by atoms with Crippen LogP contribution >= 0.6 is 0 Å². The lowest BCUT2D eigenvalue weighted by atomic mass is 9.91. The molecule has 2 heteroatoms. The summed E-state index contributed by atoms with van der Waals surface area (Å²) in [5.74, 6) is 0.818. The molecular weight excluding hydrogens is 208 g/mol. The van der Waals surface area contributed by atoms with Gasteiger partial charge in [0.15, 0.2) is 0 Å². The Morgan fingerprint density at radius 1 is 1.35 bits per heavy atom. The number of anilines is 1. The van der Waals surface area contributed by atoms with Crippen molar-refractivity contribution in [1.29, 1.82) is 0 Å². The Labute approximate surface area is 105 Å². The van der Waals surface area contributed by atoms with E-state index in [4.69, 9.17) is 5.73 Å². The van der Waals surface area contributed by atoms with E-state index >= 15 is 0 Å². The predicted octanol–water partition coefficient (Wildman–Crippen LogP) is 3.20. The highest BCUT2D eigenvalue weighted by Crippen LogP contribution is 2.25. The van der Waals surface area contributed by atoms with Crippen molar-refractivity contribution < 1.29 is 0 Å². The third-order valence-corrected chi connectivity index (χ3v) is 4.22. The first-order chi connectivity index (χ1) is 8.08. The van der Waals surface area contributed by atoms with Crippen molar-refractivity contribution >= 4 is 5.69 Å². The molecule has 0 aliphatic carbocycles. The van der Waals surface area contributed by atoms with E-state index in [9.17, 15) is 0 Å². The lowest BCUT2D eigenvalue weighted by Gasteiger charge is -2.38. The van der Waals surface area contributed by atoms with E-state index < -0.39 is 0 Å². The Bertz CT molecular complexity index is 387. The fourth-order valence-corrected chi connectivity index (χ4v) is 2.71. The average molecular weight is 232 g/mol. The maximum absolute atomic E-state index is 5.86. The fraction of sp³-hybridized carbons (Fsp3) is 0.600. The molecule has 2 unspecified atom stereocenters. The van der Waals surface area contributed by atoms with Gasteiger partial charge in [0.2, 0.25) is 0 Å². The van der Waals surface area contributed by atoms with Crippen LogP contribution in [0.3, 0.4) is 0 Å². The lowest BCUT2D eigenvalue weighted by molar-refractivity contribution is 0.106. The maximum Gasteiger partial charge on any atom is 0.0343 e. The molecule has 1 aromatic carbocycles. The average Bonchev–Trinajstić information content (AvgIpc) is 2.30. The van der Waals surface area contributed by atoms with Gasteiger partial charge in [-0.1, -0.05) is 19.1 Å². The van der Waals surface area contributed by atoms with Crippen molar-refractivity contribution in [2.75, 3.05) is 12.3 Å². The van der Waals surface area contributed by atoms with E-state index in [1.54, 1.807) is 0 Å². The van der Waals surface area contributed by atoms with Crippen molar-refractivity contribution in [3.8, 4) is 0 Å². The summed E-state index contributed by atoms with van der Waals surface area (Å²) in [4.78, 5) is 2.60. The van der Waals surface area contributed by atoms with Gasteiger partial charge in [0.25, 0.3) is 0 Å². The number of nitrogen functional groups attached to an aromatic ring is 1. The van der Waals surface area contributed by atoms with Crippen molar-refractivity contribution in [2.45, 2.75) is 46.2 Å². The molecule has 1 heterocycles. The zero-order valence-corrected chi connectivity index (χ0v) is 11.2. The standard InChI is InChI=1S/C15H24N2/c1-11-5-4-8-17(13(11)3)10-14-6-7-15(16)12(2)9-14/h6-7,9,11,13H,4-5,8,10,16H2,1-3H3. The molecule has 1 aliphatic heterocycles. The highest BCUT2D eigenvalue weighted by Gasteiger charge is 2.24. The third kappa shape index (κ3) is 2.81. The molecule has 0 amide bonds. The first kappa shape index (κ1) is 12.4. The molecule has 2 rings (SSSR count). The summed E-state index contributed by atoms with van der Waals surface area (Å²) in [5.41, 5.74) is 9.34. The first-order valence-electron chi connectivity index (χ1n) is 6.67. The van der Waals surface area contributed by atoms with Crippen LogP contribution < -0.4 is 5.73 Å². The fourth-order valence-electron chi connectivity index (χ4n) is 2.71. The molecule has 0 saturated carbocycles. The summed E-state index contributed by atoms with van der Waals surface area (Å²) in [5, 5.41) is 0. The van der Waals surface area contributed by atoms with Gasteiger partial charge in [-0.25, -0.2) is 0 Å². The van der Waals surface area contributed by atoms with Crippen LogP contribution in [0.1, 0.15) is 37.8 Å². The number of hydrogen-bond donors (Lipinski definition) is 1. The van der Waals surface area contributed by atoms with E-state index in [1.165, 1.54) is 30.5 Å². The number of benzene rings is 1. The number of nitrogens with zero attached hydrogens (tertiary/aromatic N) is 1. The van der Waals surface area contributed by atoms with Crippen molar-refractivity contribution in [1.82, 2.24) is 4.90 Å². The summed E-state index contributed by atoms with van der Waals surface area (Å²) >= 11 is 0. The molecule has 2 atom stereocenters. The van der Waals surface area contributed by atoms with Gasteiger partial charge in [-0.3, -0.25) is 4.90 Å². The quantitative estimate of drug-likeness (QED) is 0.793. The van der Waals surface area contributed by atoms with E-state index in [2.05, 4.69) is 37.8 Å². The van der Waals surface area contributed by atoms with Crippen LogP contribution in [0.2, 0.25) is 0 Å². The van der Waals surface area contributed by atoms with E-state index in [1.807, 2.05) is 6.07 Å². The molecule has 17 heavy (non-hydrogen) atoms. The monoisotopic (exact) mass is 232 g/mol. The third-order valence-electron chi connectivity index (χ3n) is 4.22. The Hall–Kier alpha value is -1.02. The van der Waals surface area contributed by atoms with Crippen LogP contribution in [0.4, 0.5) is 5.69 Å². The topological polar surface area (TPSA) is 29.3 Å². The number of likely N-dealkylation sites (tertiary alicyclic amines) is 1. The van der Waals surface area contributed by atoms with Crippen molar-refractivity contribution in [2.24, 2.45) is 5.92 Å². The molecule has 0 radical (unpaired) electrons. The molecule has 94 valence electrons. The van der Waals surface area contributed by atoms with Gasteiger partial charge in [0.05, 0.1) is 0 Å². The molecule has 2 nitrogen and oxygen atoms in total. The molecular formula is C15H24N2. The Kier molecular flexibility index (Phi) is 3.72. The van der Waals surface area contributed by atoms with Gasteiger partial charge in [-0.2, -0.15) is 0 Å². The molecule has 0 bridgehead atoms. The number of rotatable bonds is 2. The summed E-state index contributed by atoms with van der Waals surface area (Å²) in [6.45, 7) is 9.10. The van der Waals surface area contributed by atoms with Gasteiger partial charge >= 0.3 is 0 Å². The maximum atomic E-state index is 5.86. The zero-order valence-electron chi connectivity index (χ0n) is 11.2. The zero-order chi connectivity index (χ0) is 12.4. The van der Waals surface area contributed by atoms with Gasteiger partial charge < -0.3 is 5.73 Å². The van der Waals surface area contributed by atoms with E-state index in [0.29, 0.717) is 6.04 Å². The first-order valence-corrected chi connectivity index (χ1v) is 6.67. The van der Waals surface area contributed by atoms with Crippen LogP contribution in [0.5, 0.6) is 0 Å². The van der Waals surface area contributed by atoms with Crippen molar-refractivity contribution in [3.05, 3.63) is 29.3 Å². The molecule has 0 aromatic heterocycles. The minimum absolute atomic E-state index is 0.696. The van der Waals surface area contributed by atoms with Crippen LogP contribution in [-0.2, 0) is 6.54 Å². The minimum atomic E-state index is 0.696. The van der Waals surface area contributed by atoms with Crippen LogP contribution in [0.25, 0.3) is 0 Å². The van der Waals surface area contributed by atoms with Gasteiger partial charge in [-0.15, -0.1) is 0 Å². The van der Waals surface area contributed by atoms with Crippen molar-refractivity contribution in [3.63, 3.8) is 0 Å². The second kappa shape index (κ2) is 5.09. The second-order valence-electron chi connectivity index (χ2n) is 5.52. The molecule has 2 N–H and O–H groups in total. The molecule has 0 spiro atoms. The SMILES string of the molecule is Cc1cc(CN2CCCC(C)C2C)ccc1N. The van der Waals surface area contributed by atoms with Gasteiger partial charge in [-0.05, 0) is 56.3 Å². The second-order valence-corrected chi connectivity index (χ2v) is 5.52. The highest BCUT2D eigenvalue weighted by molar-refractivity contribution is 5.47. The number of hydrogen-bond acceptors (Lipinski definition) is 2. The normalized spacial score (nSPS) is 26.1. The van der Waals surface area contributed by atoms with E-state index in [-0.39, 0.29) is 0 Å². The molecule has 1 fully saturated rings. The molecule has 1 aliphatic rings. The summed E-state index contributed by atoms with van der Waals surface area (Å²) in [7, 11) is 0. The summed E-state index contributed by atoms with van der Waals surface area (Å²) in [6.07, 6.45) is 2.71. The number of nitrogens with two attached hydrogens (primary N) is 1. The summed E-state index contributed by atoms with van der Waals surface area (Å²) < 4.78 is 0. The smallest absolute Gasteiger partial charge is 0.0343 e. The van der Waals surface area contributed by atoms with E-state index in [0.717, 1.165) is 18.2 Å². The number of aryl methyl sites for hydroxylation is 1. The molecule has 1 aromatic rings. The Morgan fingerprint density at radius 2 is 2.12 bits per heavy atom. The number of piperidine rings is 1. The van der Waals surface area contributed by atoms with Gasteiger partial charge in [0, 0.05) is 18.3 Å². The lowest BCUT2D eigenvalue weighted by Crippen LogP contribution is -2.41. The minimum Gasteiger partial charge on any atom is -0.399 e.